The molecule has 0 aromatic heterocycles. The Kier molecular flexibility index (Phi) is 17.8. The van der Waals surface area contributed by atoms with E-state index in [2.05, 4.69) is 24.5 Å². The van der Waals surface area contributed by atoms with Crippen molar-refractivity contribution in [3.63, 3.8) is 0 Å². The van der Waals surface area contributed by atoms with Gasteiger partial charge in [-0.05, 0) is 25.7 Å². The van der Waals surface area contributed by atoms with Gasteiger partial charge in [0.05, 0.1) is 13.2 Å². The molecule has 0 aromatic carbocycles. The highest BCUT2D eigenvalue weighted by Gasteiger charge is 2.29. The van der Waals surface area contributed by atoms with Gasteiger partial charge in [0.15, 0.2) is 0 Å². The molecule has 0 spiro atoms. The molecule has 0 aromatic rings. The van der Waals surface area contributed by atoms with Crippen molar-refractivity contribution in [1.29, 1.82) is 0 Å². The first kappa shape index (κ1) is 30.9. The van der Waals surface area contributed by atoms with E-state index in [-0.39, 0.29) is 23.8 Å². The van der Waals surface area contributed by atoms with E-state index in [0.29, 0.717) is 38.9 Å². The van der Waals surface area contributed by atoms with Gasteiger partial charge in [-0.15, -0.1) is 0 Å². The van der Waals surface area contributed by atoms with Crippen LogP contribution in [0, 0.1) is 0 Å². The lowest BCUT2D eigenvalue weighted by Gasteiger charge is -2.09. The predicted octanol–water partition coefficient (Wildman–Crippen LogP) is 4.73. The van der Waals surface area contributed by atoms with Gasteiger partial charge in [0.2, 0.25) is 11.8 Å². The van der Waals surface area contributed by atoms with Crippen LogP contribution in [0.1, 0.15) is 123 Å². The molecule has 0 saturated carbocycles. The van der Waals surface area contributed by atoms with Crippen molar-refractivity contribution >= 4 is 23.8 Å². The summed E-state index contributed by atoms with van der Waals surface area (Å²) in [5.74, 6) is -0.643. The smallest absolute Gasteiger partial charge is 0.328 e. The molecule has 2 atom stereocenters. The summed E-state index contributed by atoms with van der Waals surface area (Å²) in [7, 11) is 0. The molecule has 8 nitrogen and oxygen atoms in total. The Morgan fingerprint density at radius 1 is 0.629 bits per heavy atom. The van der Waals surface area contributed by atoms with Crippen LogP contribution in [0.5, 0.6) is 0 Å². The molecule has 202 valence electrons. The number of hydrogen-bond acceptors (Lipinski definition) is 6. The molecule has 2 rings (SSSR count). The highest BCUT2D eigenvalue weighted by molar-refractivity contribution is 5.88. The van der Waals surface area contributed by atoms with Crippen molar-refractivity contribution in [3.8, 4) is 0 Å². The molecule has 0 aliphatic carbocycles. The van der Waals surface area contributed by atoms with Gasteiger partial charge >= 0.3 is 11.9 Å². The maximum atomic E-state index is 11.5. The first-order chi connectivity index (χ1) is 17.0. The van der Waals surface area contributed by atoms with Crippen molar-refractivity contribution in [2.45, 2.75) is 135 Å². The average Bonchev–Trinajstić information content (AvgIpc) is 3.48. The fraction of sp³-hybridized carbons (Fsp3) is 0.852. The third kappa shape index (κ3) is 15.5. The maximum absolute atomic E-state index is 11.5. The van der Waals surface area contributed by atoms with Crippen LogP contribution in [-0.2, 0) is 28.7 Å². The summed E-state index contributed by atoms with van der Waals surface area (Å²) in [6.07, 6.45) is 17.5. The summed E-state index contributed by atoms with van der Waals surface area (Å²) < 4.78 is 10.3. The van der Waals surface area contributed by atoms with Gasteiger partial charge < -0.3 is 20.1 Å². The summed E-state index contributed by atoms with van der Waals surface area (Å²) in [6.45, 7) is 5.37. The minimum atomic E-state index is -0.401. The monoisotopic (exact) mass is 496 g/mol. The van der Waals surface area contributed by atoms with Crippen LogP contribution >= 0.6 is 0 Å². The molecular formula is C27H48N2O6. The second-order valence-electron chi connectivity index (χ2n) is 9.54. The van der Waals surface area contributed by atoms with Crippen LogP contribution in [-0.4, -0.2) is 49.1 Å². The van der Waals surface area contributed by atoms with Crippen LogP contribution in [0.4, 0.5) is 0 Å². The van der Waals surface area contributed by atoms with E-state index < -0.39 is 12.1 Å². The molecule has 8 heteroatoms. The molecule has 2 saturated heterocycles. The van der Waals surface area contributed by atoms with Crippen LogP contribution in [0.25, 0.3) is 0 Å². The van der Waals surface area contributed by atoms with Gasteiger partial charge in [0, 0.05) is 12.8 Å². The summed E-state index contributed by atoms with van der Waals surface area (Å²) >= 11 is 0. The van der Waals surface area contributed by atoms with E-state index in [4.69, 9.17) is 9.47 Å². The number of ether oxygens (including phenoxy) is 2. The molecule has 2 aliphatic heterocycles. The Labute approximate surface area is 211 Å². The Balaban J connectivity index is 0.000000351. The van der Waals surface area contributed by atoms with E-state index in [1.165, 1.54) is 57.8 Å². The van der Waals surface area contributed by atoms with Gasteiger partial charge in [0.1, 0.15) is 12.1 Å². The number of hydrogen-bond donors (Lipinski definition) is 2. The molecule has 0 bridgehead atoms. The van der Waals surface area contributed by atoms with Gasteiger partial charge in [-0.25, -0.2) is 9.59 Å². The quantitative estimate of drug-likeness (QED) is 0.222. The third-order valence-corrected chi connectivity index (χ3v) is 6.29. The molecule has 2 heterocycles. The summed E-state index contributed by atoms with van der Waals surface area (Å²) in [5, 5.41) is 5.22. The highest BCUT2D eigenvalue weighted by atomic mass is 16.5. The van der Waals surface area contributed by atoms with E-state index >= 15 is 0 Å². The molecule has 2 fully saturated rings. The number of nitrogens with one attached hydrogen (secondary N) is 2. The van der Waals surface area contributed by atoms with E-state index in [0.717, 1.165) is 25.7 Å². The maximum Gasteiger partial charge on any atom is 0.328 e. The Hall–Kier alpha value is -2.12. The van der Waals surface area contributed by atoms with Gasteiger partial charge in [-0.1, -0.05) is 84.5 Å². The van der Waals surface area contributed by atoms with Crippen molar-refractivity contribution < 1.29 is 28.7 Å². The van der Waals surface area contributed by atoms with E-state index in [1.807, 2.05) is 0 Å². The first-order valence-electron chi connectivity index (χ1n) is 13.9. The fourth-order valence-corrected chi connectivity index (χ4v) is 4.07. The number of carbonyl (C=O) groups is 4. The first-order valence-corrected chi connectivity index (χ1v) is 13.9. The fourth-order valence-electron chi connectivity index (χ4n) is 4.07. The number of amides is 2. The number of unbranched alkanes of at least 4 members (excludes halogenated alkanes) is 11. The predicted molar refractivity (Wildman–Crippen MR) is 136 cm³/mol. The third-order valence-electron chi connectivity index (χ3n) is 6.29. The van der Waals surface area contributed by atoms with Crippen molar-refractivity contribution in [2.24, 2.45) is 0 Å². The number of esters is 2. The minimum Gasteiger partial charge on any atom is -0.464 e. The van der Waals surface area contributed by atoms with Gasteiger partial charge in [-0.2, -0.15) is 0 Å². The summed E-state index contributed by atoms with van der Waals surface area (Å²) in [4.78, 5) is 44.9. The van der Waals surface area contributed by atoms with E-state index in [1.54, 1.807) is 0 Å². The summed E-state index contributed by atoms with van der Waals surface area (Å²) in [5.41, 5.74) is 0. The zero-order valence-electron chi connectivity index (χ0n) is 22.0. The van der Waals surface area contributed by atoms with Gasteiger partial charge in [0.25, 0.3) is 0 Å². The topological polar surface area (TPSA) is 111 Å². The van der Waals surface area contributed by atoms with Crippen molar-refractivity contribution in [1.82, 2.24) is 10.6 Å². The molecule has 35 heavy (non-hydrogen) atoms. The number of carbonyl (C=O) groups excluding carboxylic acids is 4. The highest BCUT2D eigenvalue weighted by Crippen LogP contribution is 2.11. The molecule has 2 aliphatic rings. The Morgan fingerprint density at radius 2 is 0.971 bits per heavy atom. The van der Waals surface area contributed by atoms with Crippen molar-refractivity contribution in [2.75, 3.05) is 13.2 Å². The standard InChI is InChI=1S/C14H25NO3.C13H23NO3/c1-2-3-4-5-6-7-8-11-18-14(17)12-9-10-13(16)15-12;1-2-3-4-5-6-7-10-17-13(16)11-8-9-12(15)14-11/h12H,2-11H2,1H3,(H,15,16);11H,2-10H2,1H3,(H,14,15)/t12-;11-/m00/s1. The molecule has 0 unspecified atom stereocenters. The Morgan fingerprint density at radius 3 is 1.29 bits per heavy atom. The van der Waals surface area contributed by atoms with Crippen molar-refractivity contribution in [3.05, 3.63) is 0 Å². The lowest BCUT2D eigenvalue weighted by molar-refractivity contribution is -0.147. The lowest BCUT2D eigenvalue weighted by atomic mass is 10.1. The molecule has 2 N–H and O–H groups in total. The lowest BCUT2D eigenvalue weighted by Crippen LogP contribution is -2.34. The second kappa shape index (κ2) is 20.1. The SMILES string of the molecule is CCCCCCCCCOC(=O)[C@@H]1CCC(=O)N1.CCCCCCCCOC(=O)[C@@H]1CCC(=O)N1. The minimum absolute atomic E-state index is 0.0483. The normalized spacial score (nSPS) is 18.9. The van der Waals surface area contributed by atoms with Gasteiger partial charge in [-0.3, -0.25) is 9.59 Å². The molecular weight excluding hydrogens is 448 g/mol. The molecule has 2 amide bonds. The van der Waals surface area contributed by atoms with Crippen LogP contribution in [0.2, 0.25) is 0 Å². The van der Waals surface area contributed by atoms with E-state index in [9.17, 15) is 19.2 Å². The average molecular weight is 497 g/mol. The van der Waals surface area contributed by atoms with Crippen LogP contribution in [0.3, 0.4) is 0 Å². The second-order valence-corrected chi connectivity index (χ2v) is 9.54. The largest absolute Gasteiger partial charge is 0.464 e. The zero-order valence-corrected chi connectivity index (χ0v) is 22.0. The molecule has 0 radical (unpaired) electrons. The number of rotatable bonds is 17. The zero-order chi connectivity index (χ0) is 25.7. The summed E-state index contributed by atoms with van der Waals surface area (Å²) in [6, 6.07) is -0.801. The Bertz CT molecular complexity index is 625. The van der Waals surface area contributed by atoms with Crippen LogP contribution in [0.15, 0.2) is 0 Å². The van der Waals surface area contributed by atoms with Crippen LogP contribution < -0.4 is 10.6 Å².